The summed E-state index contributed by atoms with van der Waals surface area (Å²) in [5, 5.41) is 10.9. The van der Waals surface area contributed by atoms with Crippen LogP contribution in [0.3, 0.4) is 0 Å². The first-order valence-corrected chi connectivity index (χ1v) is 8.36. The molecule has 0 amide bonds. The maximum Gasteiger partial charge on any atom is 0.464 e. The molecule has 3 nitrogen and oxygen atoms in total. The van der Waals surface area contributed by atoms with Crippen LogP contribution in [-0.4, -0.2) is 23.4 Å². The quantitative estimate of drug-likeness (QED) is 0.640. The largest absolute Gasteiger partial charge is 0.464 e. The van der Waals surface area contributed by atoms with Gasteiger partial charge < -0.3 is 14.4 Å². The van der Waals surface area contributed by atoms with E-state index in [9.17, 15) is 5.11 Å². The fourth-order valence-electron chi connectivity index (χ4n) is 2.72. The van der Waals surface area contributed by atoms with Crippen molar-refractivity contribution in [2.24, 2.45) is 0 Å². The zero-order valence-corrected chi connectivity index (χ0v) is 15.2. The molecule has 0 bridgehead atoms. The zero-order chi connectivity index (χ0) is 17.3. The van der Waals surface area contributed by atoms with E-state index in [-0.39, 0.29) is 5.82 Å². The van der Waals surface area contributed by atoms with E-state index in [4.69, 9.17) is 9.31 Å². The predicted molar refractivity (Wildman–Crippen MR) is 95.3 cm³/mol. The van der Waals surface area contributed by atoms with Gasteiger partial charge in [-0.05, 0) is 53.5 Å². The van der Waals surface area contributed by atoms with Crippen LogP contribution in [0.1, 0.15) is 59.6 Å². The summed E-state index contributed by atoms with van der Waals surface area (Å²) in [6, 6.07) is 9.74. The van der Waals surface area contributed by atoms with E-state index in [1.807, 2.05) is 58.0 Å². The second kappa shape index (κ2) is 6.80. The van der Waals surface area contributed by atoms with E-state index >= 15 is 0 Å². The van der Waals surface area contributed by atoms with E-state index < -0.39 is 24.4 Å². The Morgan fingerprint density at radius 2 is 1.61 bits per heavy atom. The van der Waals surface area contributed by atoms with Gasteiger partial charge in [0.05, 0.1) is 17.3 Å². The minimum Gasteiger partial charge on any atom is -0.403 e. The van der Waals surface area contributed by atoms with Crippen LogP contribution in [0, 0.1) is 0 Å². The highest BCUT2D eigenvalue weighted by Gasteiger charge is 2.54. The highest BCUT2D eigenvalue weighted by Crippen LogP contribution is 2.44. The number of allylic oxidation sites excluding steroid dienone is 2. The van der Waals surface area contributed by atoms with E-state index in [1.54, 1.807) is 0 Å². The van der Waals surface area contributed by atoms with Crippen molar-refractivity contribution in [2.45, 2.75) is 71.1 Å². The number of aliphatic hydroxyl groups is 1. The van der Waals surface area contributed by atoms with E-state index in [2.05, 4.69) is 19.9 Å². The van der Waals surface area contributed by atoms with Gasteiger partial charge in [0.15, 0.2) is 0 Å². The summed E-state index contributed by atoms with van der Waals surface area (Å²) < 4.78 is 12.4. The van der Waals surface area contributed by atoms with E-state index in [0.717, 1.165) is 12.0 Å². The summed E-state index contributed by atoms with van der Waals surface area (Å²) in [5.41, 5.74) is 1.34. The van der Waals surface area contributed by atoms with Gasteiger partial charge in [-0.3, -0.25) is 0 Å². The number of rotatable bonds is 5. The smallest absolute Gasteiger partial charge is 0.403 e. The van der Waals surface area contributed by atoms with Crippen LogP contribution in [0.15, 0.2) is 42.0 Å². The summed E-state index contributed by atoms with van der Waals surface area (Å²) >= 11 is 0. The molecule has 2 atom stereocenters. The van der Waals surface area contributed by atoms with Gasteiger partial charge in [0.2, 0.25) is 0 Å². The minimum absolute atomic E-state index is 0.145. The average molecular weight is 316 g/mol. The summed E-state index contributed by atoms with van der Waals surface area (Å²) in [7, 11) is -0.425. The van der Waals surface area contributed by atoms with Crippen LogP contribution in [0.25, 0.3) is 0 Å². The second-order valence-corrected chi connectivity index (χ2v) is 7.66. The SMILES string of the molecule is CC(C)=CC[C@@H](B1OC(C)(C)C(C)(C)O1)[C@@H](O)c1ccccc1. The van der Waals surface area contributed by atoms with Gasteiger partial charge in [0, 0.05) is 5.82 Å². The van der Waals surface area contributed by atoms with E-state index in [0.29, 0.717) is 0 Å². The maximum absolute atomic E-state index is 10.9. The molecule has 1 aliphatic heterocycles. The molecular weight excluding hydrogens is 287 g/mol. The lowest BCUT2D eigenvalue weighted by Gasteiger charge is -2.32. The summed E-state index contributed by atoms with van der Waals surface area (Å²) in [6.45, 7) is 12.3. The Kier molecular flexibility index (Phi) is 5.39. The zero-order valence-electron chi connectivity index (χ0n) is 15.2. The Balaban J connectivity index is 2.27. The van der Waals surface area contributed by atoms with Crippen molar-refractivity contribution in [3.05, 3.63) is 47.5 Å². The molecule has 1 aromatic rings. The normalized spacial score (nSPS) is 21.8. The number of hydrogen-bond acceptors (Lipinski definition) is 3. The Morgan fingerprint density at radius 1 is 1.09 bits per heavy atom. The molecular formula is C19H29BO3. The highest BCUT2D eigenvalue weighted by atomic mass is 16.7. The molecule has 1 aromatic carbocycles. The Bertz CT molecular complexity index is 531. The standard InChI is InChI=1S/C19H29BO3/c1-14(2)12-13-16(17(21)15-10-8-7-9-11-15)20-22-18(3,4)19(5,6)23-20/h7-12,16-17,21H,13H2,1-6H3/t16-,17+/m1/s1. The van der Waals surface area contributed by atoms with Gasteiger partial charge in [-0.15, -0.1) is 0 Å². The van der Waals surface area contributed by atoms with Crippen LogP contribution in [0.5, 0.6) is 0 Å². The third-order valence-corrected chi connectivity index (χ3v) is 4.97. The van der Waals surface area contributed by atoms with Gasteiger partial charge in [-0.1, -0.05) is 42.0 Å². The highest BCUT2D eigenvalue weighted by molar-refractivity contribution is 6.47. The van der Waals surface area contributed by atoms with Crippen LogP contribution < -0.4 is 0 Å². The van der Waals surface area contributed by atoms with Gasteiger partial charge in [-0.2, -0.15) is 0 Å². The fourth-order valence-corrected chi connectivity index (χ4v) is 2.72. The van der Waals surface area contributed by atoms with Crippen LogP contribution in [0.2, 0.25) is 5.82 Å². The first-order chi connectivity index (χ1) is 10.6. The van der Waals surface area contributed by atoms with Crippen LogP contribution >= 0.6 is 0 Å². The van der Waals surface area contributed by atoms with Crippen molar-refractivity contribution < 1.29 is 14.4 Å². The fraction of sp³-hybridized carbons (Fsp3) is 0.579. The summed E-state index contributed by atoms with van der Waals surface area (Å²) in [5.74, 6) is -0.145. The molecule has 1 fully saturated rings. The number of benzene rings is 1. The molecule has 0 aliphatic carbocycles. The van der Waals surface area contributed by atoms with Gasteiger partial charge >= 0.3 is 7.12 Å². The first-order valence-electron chi connectivity index (χ1n) is 8.36. The lowest BCUT2D eigenvalue weighted by molar-refractivity contribution is 0.00578. The molecule has 2 rings (SSSR count). The molecule has 1 N–H and O–H groups in total. The molecule has 0 radical (unpaired) electrons. The third-order valence-electron chi connectivity index (χ3n) is 4.97. The molecule has 0 spiro atoms. The maximum atomic E-state index is 10.9. The van der Waals surface area contributed by atoms with Crippen molar-refractivity contribution in [1.82, 2.24) is 0 Å². The molecule has 0 aromatic heterocycles. The molecule has 4 heteroatoms. The molecule has 1 heterocycles. The van der Waals surface area contributed by atoms with E-state index in [1.165, 1.54) is 5.57 Å². The van der Waals surface area contributed by atoms with Crippen molar-refractivity contribution >= 4 is 7.12 Å². The number of hydrogen-bond donors (Lipinski definition) is 1. The molecule has 1 saturated heterocycles. The average Bonchev–Trinajstić information content (AvgIpc) is 2.67. The Labute approximate surface area is 140 Å². The van der Waals surface area contributed by atoms with Crippen LogP contribution in [-0.2, 0) is 9.31 Å². The second-order valence-electron chi connectivity index (χ2n) is 7.66. The Hall–Kier alpha value is -1.10. The van der Waals surface area contributed by atoms with Gasteiger partial charge in [-0.25, -0.2) is 0 Å². The van der Waals surface area contributed by atoms with Crippen molar-refractivity contribution in [1.29, 1.82) is 0 Å². The molecule has 0 unspecified atom stereocenters. The molecule has 126 valence electrons. The van der Waals surface area contributed by atoms with Crippen molar-refractivity contribution in [3.63, 3.8) is 0 Å². The van der Waals surface area contributed by atoms with Crippen molar-refractivity contribution in [2.75, 3.05) is 0 Å². The monoisotopic (exact) mass is 316 g/mol. The predicted octanol–water partition coefficient (Wildman–Crippen LogP) is 4.54. The summed E-state index contributed by atoms with van der Waals surface area (Å²) in [6.07, 6.45) is 2.23. The summed E-state index contributed by atoms with van der Waals surface area (Å²) in [4.78, 5) is 0. The molecule has 1 aliphatic rings. The van der Waals surface area contributed by atoms with Crippen molar-refractivity contribution in [3.8, 4) is 0 Å². The lowest BCUT2D eigenvalue weighted by atomic mass is 9.65. The van der Waals surface area contributed by atoms with Crippen LogP contribution in [0.4, 0.5) is 0 Å². The topological polar surface area (TPSA) is 38.7 Å². The minimum atomic E-state index is -0.624. The van der Waals surface area contributed by atoms with Gasteiger partial charge in [0.1, 0.15) is 0 Å². The Morgan fingerprint density at radius 3 is 2.09 bits per heavy atom. The van der Waals surface area contributed by atoms with Gasteiger partial charge in [0.25, 0.3) is 0 Å². The lowest BCUT2D eigenvalue weighted by Crippen LogP contribution is -2.41. The third kappa shape index (κ3) is 4.06. The molecule has 23 heavy (non-hydrogen) atoms. The molecule has 0 saturated carbocycles. The first kappa shape index (κ1) is 18.2. The number of aliphatic hydroxyl groups excluding tert-OH is 1.